The lowest BCUT2D eigenvalue weighted by Crippen LogP contribution is -2.54. The molecule has 7 heteroatoms. The number of likely N-dealkylation sites (N-methyl/N-ethyl adjacent to an activating group) is 1. The molecule has 3 rings (SSSR count). The molecule has 0 bridgehead atoms. The van der Waals surface area contributed by atoms with Crippen molar-refractivity contribution >= 4 is 40.9 Å². The number of amides is 2. The Balaban J connectivity index is 2.09. The minimum absolute atomic E-state index is 0.00146. The standard InChI is InChI=1S/C20H18N2O4S/c1-21-18(23)16(11-13-9-10-15(25-2)12-17(13)26-3)19(24)22(20(21)27)14-7-5-4-6-8-14/h4-12H,1-3H3/b16-11+. The summed E-state index contributed by atoms with van der Waals surface area (Å²) in [5, 5.41) is 0.134. The number of ether oxygens (including phenoxy) is 2. The number of carbonyl (C=O) groups is 2. The van der Waals surface area contributed by atoms with Crippen LogP contribution in [-0.2, 0) is 9.59 Å². The summed E-state index contributed by atoms with van der Waals surface area (Å²) in [6.45, 7) is 0. The molecular formula is C20H18N2O4S. The first-order chi connectivity index (χ1) is 13.0. The maximum absolute atomic E-state index is 13.1. The van der Waals surface area contributed by atoms with Crippen molar-refractivity contribution in [3.63, 3.8) is 0 Å². The molecule has 0 spiro atoms. The molecule has 1 aliphatic heterocycles. The molecule has 1 heterocycles. The molecule has 6 nitrogen and oxygen atoms in total. The Morgan fingerprint density at radius 3 is 2.30 bits per heavy atom. The average Bonchev–Trinajstić information content (AvgIpc) is 2.70. The van der Waals surface area contributed by atoms with Crippen molar-refractivity contribution in [3.8, 4) is 11.5 Å². The van der Waals surface area contributed by atoms with Crippen molar-refractivity contribution < 1.29 is 19.1 Å². The topological polar surface area (TPSA) is 59.1 Å². The Kier molecular flexibility index (Phi) is 5.23. The van der Waals surface area contributed by atoms with Crippen LogP contribution in [0.1, 0.15) is 5.56 Å². The summed E-state index contributed by atoms with van der Waals surface area (Å²) in [4.78, 5) is 28.4. The maximum atomic E-state index is 13.1. The molecule has 0 atom stereocenters. The van der Waals surface area contributed by atoms with Gasteiger partial charge in [-0.1, -0.05) is 18.2 Å². The molecule has 2 amide bonds. The number of para-hydroxylation sites is 1. The predicted octanol–water partition coefficient (Wildman–Crippen LogP) is 2.88. The van der Waals surface area contributed by atoms with E-state index in [1.54, 1.807) is 56.6 Å². The van der Waals surface area contributed by atoms with Crippen molar-refractivity contribution in [1.29, 1.82) is 0 Å². The number of rotatable bonds is 4. The number of anilines is 1. The van der Waals surface area contributed by atoms with Crippen LogP contribution in [0.3, 0.4) is 0 Å². The molecule has 0 N–H and O–H groups in total. The van der Waals surface area contributed by atoms with Crippen LogP contribution in [0.4, 0.5) is 5.69 Å². The third-order valence-electron chi connectivity index (χ3n) is 4.20. The van der Waals surface area contributed by atoms with Crippen LogP contribution < -0.4 is 14.4 Å². The van der Waals surface area contributed by atoms with E-state index in [1.807, 2.05) is 6.07 Å². The summed E-state index contributed by atoms with van der Waals surface area (Å²) in [5.41, 5.74) is 1.18. The van der Waals surface area contributed by atoms with Gasteiger partial charge in [-0.3, -0.25) is 19.4 Å². The zero-order valence-electron chi connectivity index (χ0n) is 15.1. The smallest absolute Gasteiger partial charge is 0.270 e. The minimum atomic E-state index is -0.479. The lowest BCUT2D eigenvalue weighted by molar-refractivity contribution is -0.127. The zero-order chi connectivity index (χ0) is 19.6. The van der Waals surface area contributed by atoms with Gasteiger partial charge in [0.25, 0.3) is 11.8 Å². The van der Waals surface area contributed by atoms with E-state index >= 15 is 0 Å². The van der Waals surface area contributed by atoms with E-state index < -0.39 is 11.8 Å². The molecule has 0 unspecified atom stereocenters. The molecule has 2 aromatic rings. The molecule has 1 aliphatic rings. The minimum Gasteiger partial charge on any atom is -0.497 e. The lowest BCUT2D eigenvalue weighted by atomic mass is 10.1. The SMILES string of the molecule is COc1ccc(/C=C2\C(=O)N(C)C(=S)N(c3ccccc3)C2=O)c(OC)c1. The van der Waals surface area contributed by atoms with Gasteiger partial charge in [-0.25, -0.2) is 0 Å². The predicted molar refractivity (Wildman–Crippen MR) is 107 cm³/mol. The first kappa shape index (κ1) is 18.6. The number of hydrogen-bond donors (Lipinski definition) is 0. The summed E-state index contributed by atoms with van der Waals surface area (Å²) in [6, 6.07) is 14.1. The molecule has 1 saturated heterocycles. The van der Waals surface area contributed by atoms with Crippen LogP contribution in [-0.4, -0.2) is 43.1 Å². The maximum Gasteiger partial charge on any atom is 0.270 e. The van der Waals surface area contributed by atoms with Crippen molar-refractivity contribution in [1.82, 2.24) is 4.90 Å². The second kappa shape index (κ2) is 7.59. The van der Waals surface area contributed by atoms with Gasteiger partial charge in [0.15, 0.2) is 5.11 Å². The second-order valence-electron chi connectivity index (χ2n) is 5.79. The van der Waals surface area contributed by atoms with E-state index in [1.165, 1.54) is 23.0 Å². The monoisotopic (exact) mass is 382 g/mol. The number of thiocarbonyl (C=S) groups is 1. The highest BCUT2D eigenvalue weighted by molar-refractivity contribution is 7.80. The number of carbonyl (C=O) groups excluding carboxylic acids is 2. The normalized spacial score (nSPS) is 16.1. The van der Waals surface area contributed by atoms with Gasteiger partial charge in [0.05, 0.1) is 19.9 Å². The highest BCUT2D eigenvalue weighted by Crippen LogP contribution is 2.29. The number of benzene rings is 2. The molecule has 1 fully saturated rings. The molecular weight excluding hydrogens is 364 g/mol. The Labute approximate surface area is 162 Å². The van der Waals surface area contributed by atoms with E-state index in [-0.39, 0.29) is 10.7 Å². The Hall–Kier alpha value is -3.19. The van der Waals surface area contributed by atoms with Gasteiger partial charge >= 0.3 is 0 Å². The summed E-state index contributed by atoms with van der Waals surface area (Å²) < 4.78 is 10.5. The average molecular weight is 382 g/mol. The van der Waals surface area contributed by atoms with Crippen LogP contribution in [0.5, 0.6) is 11.5 Å². The van der Waals surface area contributed by atoms with Crippen molar-refractivity contribution in [3.05, 3.63) is 59.7 Å². The highest BCUT2D eigenvalue weighted by atomic mass is 32.1. The largest absolute Gasteiger partial charge is 0.497 e. The van der Waals surface area contributed by atoms with Crippen LogP contribution in [0.25, 0.3) is 6.08 Å². The first-order valence-electron chi connectivity index (χ1n) is 8.13. The van der Waals surface area contributed by atoms with Gasteiger partial charge in [0, 0.05) is 18.7 Å². The second-order valence-corrected chi connectivity index (χ2v) is 6.15. The third kappa shape index (κ3) is 3.41. The highest BCUT2D eigenvalue weighted by Gasteiger charge is 2.38. The van der Waals surface area contributed by atoms with Crippen molar-refractivity contribution in [2.75, 3.05) is 26.2 Å². The van der Waals surface area contributed by atoms with E-state index in [9.17, 15) is 9.59 Å². The summed E-state index contributed by atoms with van der Waals surface area (Å²) in [7, 11) is 4.61. The molecule has 0 aliphatic carbocycles. The summed E-state index contributed by atoms with van der Waals surface area (Å²) >= 11 is 5.33. The van der Waals surface area contributed by atoms with Crippen LogP contribution in [0.2, 0.25) is 0 Å². The fourth-order valence-corrected chi connectivity index (χ4v) is 3.01. The van der Waals surface area contributed by atoms with Crippen LogP contribution in [0.15, 0.2) is 54.1 Å². The number of hydrogen-bond acceptors (Lipinski definition) is 5. The van der Waals surface area contributed by atoms with Gasteiger partial charge in [-0.2, -0.15) is 0 Å². The third-order valence-corrected chi connectivity index (χ3v) is 4.66. The molecule has 0 radical (unpaired) electrons. The van der Waals surface area contributed by atoms with E-state index in [4.69, 9.17) is 21.7 Å². The summed E-state index contributed by atoms with van der Waals surface area (Å²) in [6.07, 6.45) is 1.51. The zero-order valence-corrected chi connectivity index (χ0v) is 15.9. The first-order valence-corrected chi connectivity index (χ1v) is 8.54. The van der Waals surface area contributed by atoms with Crippen LogP contribution in [0, 0.1) is 0 Å². The molecule has 0 aromatic heterocycles. The molecule has 27 heavy (non-hydrogen) atoms. The number of methoxy groups -OCH3 is 2. The van der Waals surface area contributed by atoms with Crippen LogP contribution >= 0.6 is 12.2 Å². The Morgan fingerprint density at radius 2 is 1.67 bits per heavy atom. The Morgan fingerprint density at radius 1 is 0.963 bits per heavy atom. The molecule has 0 saturated carbocycles. The molecule has 2 aromatic carbocycles. The quantitative estimate of drug-likeness (QED) is 0.462. The van der Waals surface area contributed by atoms with Gasteiger partial charge in [-0.05, 0) is 42.6 Å². The summed E-state index contributed by atoms with van der Waals surface area (Å²) in [5.74, 6) is 0.159. The fourth-order valence-electron chi connectivity index (χ4n) is 2.74. The van der Waals surface area contributed by atoms with Crippen molar-refractivity contribution in [2.24, 2.45) is 0 Å². The van der Waals surface area contributed by atoms with Gasteiger partial charge in [0.2, 0.25) is 0 Å². The van der Waals surface area contributed by atoms with E-state index in [2.05, 4.69) is 0 Å². The van der Waals surface area contributed by atoms with Gasteiger partial charge < -0.3 is 9.47 Å². The number of nitrogens with zero attached hydrogens (tertiary/aromatic N) is 2. The Bertz CT molecular complexity index is 940. The van der Waals surface area contributed by atoms with E-state index in [0.29, 0.717) is 22.7 Å². The van der Waals surface area contributed by atoms with E-state index in [0.717, 1.165) is 0 Å². The van der Waals surface area contributed by atoms with Gasteiger partial charge in [0.1, 0.15) is 17.1 Å². The van der Waals surface area contributed by atoms with Gasteiger partial charge in [-0.15, -0.1) is 0 Å². The molecule has 138 valence electrons. The lowest BCUT2D eigenvalue weighted by Gasteiger charge is -2.34. The van der Waals surface area contributed by atoms with Crippen molar-refractivity contribution in [2.45, 2.75) is 0 Å². The fraction of sp³-hybridized carbons (Fsp3) is 0.150.